The van der Waals surface area contributed by atoms with Crippen LogP contribution in [-0.2, 0) is 13.1 Å². The summed E-state index contributed by atoms with van der Waals surface area (Å²) in [7, 11) is 0. The van der Waals surface area contributed by atoms with E-state index in [1.54, 1.807) is 12.1 Å². The van der Waals surface area contributed by atoms with Crippen LogP contribution >= 0.6 is 0 Å². The Labute approximate surface area is 111 Å². The van der Waals surface area contributed by atoms with E-state index in [4.69, 9.17) is 5.73 Å². The summed E-state index contributed by atoms with van der Waals surface area (Å²) >= 11 is 0. The van der Waals surface area contributed by atoms with Crippen LogP contribution in [0.15, 0.2) is 24.3 Å². The Balaban J connectivity index is 1.87. The maximum Gasteiger partial charge on any atom is 0.123 e. The zero-order chi connectivity index (χ0) is 13.2. The highest BCUT2D eigenvalue weighted by atomic mass is 19.1. The van der Waals surface area contributed by atoms with Crippen molar-refractivity contribution in [3.05, 3.63) is 47.0 Å². The third kappa shape index (κ3) is 2.38. The summed E-state index contributed by atoms with van der Waals surface area (Å²) in [5, 5.41) is 8.37. The lowest BCUT2D eigenvalue weighted by atomic mass is 9.82. The molecule has 0 aliphatic heterocycles. The molecule has 19 heavy (non-hydrogen) atoms. The summed E-state index contributed by atoms with van der Waals surface area (Å²) in [6, 6.07) is 6.51. The zero-order valence-corrected chi connectivity index (χ0v) is 10.7. The van der Waals surface area contributed by atoms with Crippen molar-refractivity contribution in [3.8, 4) is 0 Å². The predicted molar refractivity (Wildman–Crippen MR) is 70.0 cm³/mol. The first kappa shape index (κ1) is 12.3. The van der Waals surface area contributed by atoms with Gasteiger partial charge >= 0.3 is 0 Å². The van der Waals surface area contributed by atoms with Gasteiger partial charge in [-0.25, -0.2) is 9.07 Å². The number of benzene rings is 1. The summed E-state index contributed by atoms with van der Waals surface area (Å²) in [5.74, 6) is 0.318. The van der Waals surface area contributed by atoms with Gasteiger partial charge in [-0.1, -0.05) is 23.8 Å². The third-order valence-corrected chi connectivity index (χ3v) is 3.78. The highest BCUT2D eigenvalue weighted by Crippen LogP contribution is 2.37. The van der Waals surface area contributed by atoms with Crippen molar-refractivity contribution in [2.24, 2.45) is 5.73 Å². The van der Waals surface area contributed by atoms with Crippen LogP contribution in [-0.4, -0.2) is 15.0 Å². The minimum absolute atomic E-state index is 0.218. The van der Waals surface area contributed by atoms with Gasteiger partial charge in [-0.15, -0.1) is 5.10 Å². The van der Waals surface area contributed by atoms with Crippen LogP contribution in [0.5, 0.6) is 0 Å². The maximum absolute atomic E-state index is 12.9. The molecule has 0 spiro atoms. The summed E-state index contributed by atoms with van der Waals surface area (Å²) < 4.78 is 14.8. The number of aromatic nitrogens is 3. The topological polar surface area (TPSA) is 56.7 Å². The highest BCUT2D eigenvalue weighted by Gasteiger charge is 2.27. The Morgan fingerprint density at radius 1 is 1.26 bits per heavy atom. The quantitative estimate of drug-likeness (QED) is 0.916. The van der Waals surface area contributed by atoms with E-state index in [2.05, 4.69) is 10.3 Å². The SMILES string of the molecule is NCc1nnn(Cc2ccc(F)cc2)c1C1CCC1. The second-order valence-electron chi connectivity index (χ2n) is 5.04. The van der Waals surface area contributed by atoms with Crippen molar-refractivity contribution in [2.75, 3.05) is 0 Å². The molecule has 0 unspecified atom stereocenters. The number of halogens is 1. The van der Waals surface area contributed by atoms with Gasteiger partial charge in [0.05, 0.1) is 17.9 Å². The number of hydrogen-bond acceptors (Lipinski definition) is 3. The zero-order valence-electron chi connectivity index (χ0n) is 10.7. The molecule has 0 radical (unpaired) electrons. The van der Waals surface area contributed by atoms with E-state index < -0.39 is 0 Å². The number of hydrogen-bond donors (Lipinski definition) is 1. The fourth-order valence-corrected chi connectivity index (χ4v) is 2.51. The number of rotatable bonds is 4. The average molecular weight is 260 g/mol. The van der Waals surface area contributed by atoms with Crippen LogP contribution in [0, 0.1) is 5.82 Å². The molecule has 1 aliphatic carbocycles. The lowest BCUT2D eigenvalue weighted by Gasteiger charge is -2.26. The van der Waals surface area contributed by atoms with Crippen LogP contribution in [0.3, 0.4) is 0 Å². The first-order valence-electron chi connectivity index (χ1n) is 6.64. The Morgan fingerprint density at radius 3 is 2.58 bits per heavy atom. The van der Waals surface area contributed by atoms with Gasteiger partial charge in [0.2, 0.25) is 0 Å². The van der Waals surface area contributed by atoms with Gasteiger partial charge in [0.25, 0.3) is 0 Å². The molecule has 1 fully saturated rings. The average Bonchev–Trinajstić information content (AvgIpc) is 2.73. The van der Waals surface area contributed by atoms with E-state index in [0.717, 1.165) is 17.0 Å². The van der Waals surface area contributed by atoms with Gasteiger partial charge in [0.15, 0.2) is 0 Å². The van der Waals surface area contributed by atoms with Crippen molar-refractivity contribution in [1.82, 2.24) is 15.0 Å². The van der Waals surface area contributed by atoms with Gasteiger partial charge in [-0.3, -0.25) is 0 Å². The molecule has 1 heterocycles. The first-order valence-corrected chi connectivity index (χ1v) is 6.64. The number of nitrogens with two attached hydrogens (primary N) is 1. The summed E-state index contributed by atoms with van der Waals surface area (Å²) in [6.07, 6.45) is 3.63. The fourth-order valence-electron chi connectivity index (χ4n) is 2.51. The summed E-state index contributed by atoms with van der Waals surface area (Å²) in [5.41, 5.74) is 8.81. The minimum atomic E-state index is -0.218. The van der Waals surface area contributed by atoms with E-state index in [1.807, 2.05) is 4.68 Å². The predicted octanol–water partition coefficient (Wildman–Crippen LogP) is 2.19. The molecule has 1 aromatic carbocycles. The molecule has 0 atom stereocenters. The van der Waals surface area contributed by atoms with E-state index in [9.17, 15) is 4.39 Å². The van der Waals surface area contributed by atoms with E-state index in [1.165, 1.54) is 31.4 Å². The fraction of sp³-hybridized carbons (Fsp3) is 0.429. The van der Waals surface area contributed by atoms with Gasteiger partial charge in [-0.05, 0) is 30.5 Å². The summed E-state index contributed by atoms with van der Waals surface area (Å²) in [6.45, 7) is 1.05. The molecule has 100 valence electrons. The van der Waals surface area contributed by atoms with Gasteiger partial charge in [0, 0.05) is 12.5 Å². The Morgan fingerprint density at radius 2 is 2.00 bits per heavy atom. The molecule has 2 N–H and O–H groups in total. The van der Waals surface area contributed by atoms with Crippen LogP contribution in [0.25, 0.3) is 0 Å². The largest absolute Gasteiger partial charge is 0.325 e. The lowest BCUT2D eigenvalue weighted by molar-refractivity contribution is 0.390. The Hall–Kier alpha value is -1.75. The van der Waals surface area contributed by atoms with Crippen LogP contribution in [0.4, 0.5) is 4.39 Å². The van der Waals surface area contributed by atoms with Crippen molar-refractivity contribution in [3.63, 3.8) is 0 Å². The third-order valence-electron chi connectivity index (χ3n) is 3.78. The lowest BCUT2D eigenvalue weighted by Crippen LogP contribution is -2.18. The Bertz CT molecular complexity index is 557. The molecule has 3 rings (SSSR count). The monoisotopic (exact) mass is 260 g/mol. The molecule has 2 aromatic rings. The standard InChI is InChI=1S/C14H17FN4/c15-12-6-4-10(5-7-12)9-19-14(11-2-1-3-11)13(8-16)17-18-19/h4-7,11H,1-3,8-9,16H2. The van der Waals surface area contributed by atoms with Crippen molar-refractivity contribution in [2.45, 2.75) is 38.3 Å². The molecule has 1 aromatic heterocycles. The first-order chi connectivity index (χ1) is 9.28. The van der Waals surface area contributed by atoms with Crippen LogP contribution in [0.1, 0.15) is 42.1 Å². The normalized spacial score (nSPS) is 15.5. The molecule has 1 aliphatic rings. The summed E-state index contributed by atoms with van der Waals surface area (Å²) in [4.78, 5) is 0. The van der Waals surface area contributed by atoms with E-state index >= 15 is 0 Å². The smallest absolute Gasteiger partial charge is 0.123 e. The molecule has 5 heteroatoms. The van der Waals surface area contributed by atoms with Crippen molar-refractivity contribution in [1.29, 1.82) is 0 Å². The highest BCUT2D eigenvalue weighted by molar-refractivity contribution is 5.21. The number of nitrogens with zero attached hydrogens (tertiary/aromatic N) is 3. The molecule has 0 saturated heterocycles. The molecule has 1 saturated carbocycles. The maximum atomic E-state index is 12.9. The molecule has 4 nitrogen and oxygen atoms in total. The second-order valence-corrected chi connectivity index (χ2v) is 5.04. The Kier molecular flexibility index (Phi) is 3.29. The van der Waals surface area contributed by atoms with Crippen molar-refractivity contribution < 1.29 is 4.39 Å². The van der Waals surface area contributed by atoms with Crippen LogP contribution in [0.2, 0.25) is 0 Å². The second kappa shape index (κ2) is 5.09. The van der Waals surface area contributed by atoms with E-state index in [0.29, 0.717) is 19.0 Å². The molecule has 0 bridgehead atoms. The van der Waals surface area contributed by atoms with E-state index in [-0.39, 0.29) is 5.82 Å². The van der Waals surface area contributed by atoms with Gasteiger partial charge < -0.3 is 5.73 Å². The van der Waals surface area contributed by atoms with Crippen molar-refractivity contribution >= 4 is 0 Å². The van der Waals surface area contributed by atoms with Gasteiger partial charge in [0.1, 0.15) is 5.82 Å². The molecular formula is C14H17FN4. The molecule has 0 amide bonds. The molecular weight excluding hydrogens is 243 g/mol. The minimum Gasteiger partial charge on any atom is -0.325 e. The van der Waals surface area contributed by atoms with Crippen LogP contribution < -0.4 is 5.73 Å². The van der Waals surface area contributed by atoms with Gasteiger partial charge in [-0.2, -0.15) is 0 Å².